The van der Waals surface area contributed by atoms with E-state index in [0.29, 0.717) is 6.42 Å². The number of rotatable bonds is 19. The van der Waals surface area contributed by atoms with E-state index in [1.54, 1.807) is 0 Å². The van der Waals surface area contributed by atoms with Crippen molar-refractivity contribution in [1.29, 1.82) is 0 Å². The summed E-state index contributed by atoms with van der Waals surface area (Å²) in [6.07, 6.45) is 16.0. The topological polar surface area (TPSA) is 116 Å². The average Bonchev–Trinajstić information content (AvgIpc) is 2.61. The molecule has 160 valence electrons. The number of phosphoric acid groups is 1. The van der Waals surface area contributed by atoms with Crippen molar-refractivity contribution in [2.45, 2.75) is 96.8 Å². The molecule has 0 rings (SSSR count). The summed E-state index contributed by atoms with van der Waals surface area (Å²) in [5.41, 5.74) is 0. The molecule has 0 aliphatic rings. The maximum atomic E-state index is 11.5. The van der Waals surface area contributed by atoms with Crippen LogP contribution >= 0.6 is 7.82 Å². The number of hydrogen-bond donors (Lipinski definition) is 0. The fourth-order valence-electron chi connectivity index (χ4n) is 2.71. The Bertz CT molecular complexity index is 434. The maximum Gasteiger partial charge on any atom is 0.306 e. The minimum atomic E-state index is -5.17. The molecule has 8 heteroatoms. The standard InChI is InChI=1S/C19H37O7P/c1-2-3-4-5-6-7-8-9-10-11-12-13-14-15-19(21)25-16-18(20)17-26-27(22,23)24/h2-17H2,1H3,(H2,22,23,24)/p-2. The van der Waals surface area contributed by atoms with Crippen LogP contribution in [-0.2, 0) is 23.4 Å². The number of phosphoric ester groups is 1. The number of ether oxygens (including phenoxy) is 1. The van der Waals surface area contributed by atoms with Gasteiger partial charge in [0.05, 0.1) is 7.82 Å². The van der Waals surface area contributed by atoms with Gasteiger partial charge in [-0.1, -0.05) is 84.0 Å². The number of carbonyl (C=O) groups is 2. The summed E-state index contributed by atoms with van der Waals surface area (Å²) in [5.74, 6) is -1.26. The van der Waals surface area contributed by atoms with Gasteiger partial charge in [-0.25, -0.2) is 0 Å². The van der Waals surface area contributed by atoms with Gasteiger partial charge in [0.15, 0.2) is 12.4 Å². The Balaban J connectivity index is 3.34. The Labute approximate surface area is 163 Å². The Hall–Kier alpha value is -0.750. The SMILES string of the molecule is CCCCCCCCCCCCCCCC(=O)OCC(=O)COP(=O)([O-])[O-]. The van der Waals surface area contributed by atoms with E-state index in [9.17, 15) is 23.9 Å². The number of ketones is 1. The third-order valence-electron chi connectivity index (χ3n) is 4.26. The summed E-state index contributed by atoms with van der Waals surface area (Å²) in [4.78, 5) is 43.1. The molecular formula is C19H35O7P-2. The fraction of sp³-hybridized carbons (Fsp3) is 0.895. The van der Waals surface area contributed by atoms with Gasteiger partial charge in [0.25, 0.3) is 0 Å². The second-order valence-electron chi connectivity index (χ2n) is 6.91. The lowest BCUT2D eigenvalue weighted by Gasteiger charge is -2.27. The van der Waals surface area contributed by atoms with Gasteiger partial charge in [-0.2, -0.15) is 0 Å². The highest BCUT2D eigenvalue weighted by molar-refractivity contribution is 7.43. The van der Waals surface area contributed by atoms with Crippen molar-refractivity contribution in [1.82, 2.24) is 0 Å². The zero-order chi connectivity index (χ0) is 20.4. The first kappa shape index (κ1) is 26.2. The van der Waals surface area contributed by atoms with Gasteiger partial charge >= 0.3 is 5.97 Å². The molecule has 0 aromatic rings. The Kier molecular flexibility index (Phi) is 16.9. The summed E-state index contributed by atoms with van der Waals surface area (Å²) >= 11 is 0. The molecule has 0 spiro atoms. The van der Waals surface area contributed by atoms with E-state index in [4.69, 9.17) is 4.74 Å². The first-order chi connectivity index (χ1) is 12.8. The average molecular weight is 406 g/mol. The lowest BCUT2D eigenvalue weighted by Crippen LogP contribution is -2.23. The Morgan fingerprint density at radius 1 is 0.741 bits per heavy atom. The molecule has 0 aliphatic carbocycles. The van der Waals surface area contributed by atoms with E-state index in [0.717, 1.165) is 12.8 Å². The fourth-order valence-corrected chi connectivity index (χ4v) is 3.02. The molecule has 0 aromatic carbocycles. The summed E-state index contributed by atoms with van der Waals surface area (Å²) in [6, 6.07) is 0. The van der Waals surface area contributed by atoms with Crippen LogP contribution in [-0.4, -0.2) is 25.0 Å². The van der Waals surface area contributed by atoms with Gasteiger partial charge < -0.3 is 23.6 Å². The Morgan fingerprint density at radius 3 is 1.63 bits per heavy atom. The molecule has 0 saturated heterocycles. The summed E-state index contributed by atoms with van der Waals surface area (Å²) < 4.78 is 18.7. The first-order valence-electron chi connectivity index (χ1n) is 10.2. The molecule has 0 aliphatic heterocycles. The minimum Gasteiger partial charge on any atom is -0.790 e. The van der Waals surface area contributed by atoms with Crippen LogP contribution in [0.4, 0.5) is 0 Å². The van der Waals surface area contributed by atoms with E-state index < -0.39 is 32.8 Å². The van der Waals surface area contributed by atoms with Gasteiger partial charge in [0, 0.05) is 6.42 Å². The minimum absolute atomic E-state index is 0.230. The van der Waals surface area contributed by atoms with Crippen molar-refractivity contribution in [3.05, 3.63) is 0 Å². The number of unbranched alkanes of at least 4 members (excludes halogenated alkanes) is 12. The summed E-state index contributed by atoms with van der Waals surface area (Å²) in [5, 5.41) is 0. The van der Waals surface area contributed by atoms with Gasteiger partial charge in [-0.15, -0.1) is 0 Å². The smallest absolute Gasteiger partial charge is 0.306 e. The third kappa shape index (κ3) is 21.4. The highest BCUT2D eigenvalue weighted by Gasteiger charge is 2.08. The second kappa shape index (κ2) is 17.4. The van der Waals surface area contributed by atoms with Crippen LogP contribution in [0.25, 0.3) is 0 Å². The van der Waals surface area contributed by atoms with Crippen molar-refractivity contribution in [3.8, 4) is 0 Å². The molecule has 0 aromatic heterocycles. The number of carbonyl (C=O) groups excluding carboxylic acids is 2. The van der Waals surface area contributed by atoms with Crippen LogP contribution < -0.4 is 9.79 Å². The van der Waals surface area contributed by atoms with Crippen molar-refractivity contribution < 1.29 is 33.2 Å². The van der Waals surface area contributed by atoms with Crippen LogP contribution in [0.15, 0.2) is 0 Å². The quantitative estimate of drug-likeness (QED) is 0.183. The van der Waals surface area contributed by atoms with Crippen molar-refractivity contribution >= 4 is 19.6 Å². The molecule has 0 bridgehead atoms. The lowest BCUT2D eigenvalue weighted by atomic mass is 10.0. The monoisotopic (exact) mass is 406 g/mol. The van der Waals surface area contributed by atoms with Gasteiger partial charge in [0.2, 0.25) is 0 Å². The molecule has 0 amide bonds. The van der Waals surface area contributed by atoms with Crippen molar-refractivity contribution in [2.24, 2.45) is 0 Å². The zero-order valence-corrected chi connectivity index (χ0v) is 17.5. The predicted molar refractivity (Wildman–Crippen MR) is 99.8 cm³/mol. The van der Waals surface area contributed by atoms with Gasteiger partial charge in [-0.3, -0.25) is 9.59 Å². The lowest BCUT2D eigenvalue weighted by molar-refractivity contribution is -0.341. The molecule has 27 heavy (non-hydrogen) atoms. The molecule has 0 atom stereocenters. The maximum absolute atomic E-state index is 11.5. The molecule has 0 saturated carbocycles. The number of esters is 1. The van der Waals surface area contributed by atoms with E-state index >= 15 is 0 Å². The number of Topliss-reactive ketones (excluding diaryl/α,β-unsaturated/α-hetero) is 1. The van der Waals surface area contributed by atoms with Crippen molar-refractivity contribution in [3.63, 3.8) is 0 Å². The van der Waals surface area contributed by atoms with Crippen LogP contribution in [0.1, 0.15) is 96.8 Å². The molecule has 0 unspecified atom stereocenters. The summed E-state index contributed by atoms with van der Waals surface area (Å²) in [7, 11) is -5.17. The van der Waals surface area contributed by atoms with E-state index in [1.807, 2.05) is 0 Å². The van der Waals surface area contributed by atoms with Gasteiger partial charge in [0.1, 0.15) is 6.61 Å². The first-order valence-corrected chi connectivity index (χ1v) is 11.6. The van der Waals surface area contributed by atoms with Crippen LogP contribution in [0.2, 0.25) is 0 Å². The number of hydrogen-bond acceptors (Lipinski definition) is 7. The van der Waals surface area contributed by atoms with E-state index in [1.165, 1.54) is 64.2 Å². The summed E-state index contributed by atoms with van der Waals surface area (Å²) in [6.45, 7) is 0.766. The zero-order valence-electron chi connectivity index (χ0n) is 16.6. The van der Waals surface area contributed by atoms with E-state index in [2.05, 4.69) is 11.4 Å². The van der Waals surface area contributed by atoms with Crippen LogP contribution in [0.5, 0.6) is 0 Å². The molecule has 0 heterocycles. The van der Waals surface area contributed by atoms with Gasteiger partial charge in [-0.05, 0) is 6.42 Å². The molecular weight excluding hydrogens is 371 g/mol. The third-order valence-corrected chi connectivity index (χ3v) is 4.71. The molecule has 0 N–H and O–H groups in total. The Morgan fingerprint density at radius 2 is 1.19 bits per heavy atom. The molecule has 7 nitrogen and oxygen atoms in total. The molecule has 0 radical (unpaired) electrons. The second-order valence-corrected chi connectivity index (χ2v) is 8.07. The normalized spacial score (nSPS) is 11.5. The van der Waals surface area contributed by atoms with Crippen molar-refractivity contribution in [2.75, 3.05) is 13.2 Å². The largest absolute Gasteiger partial charge is 0.790 e. The predicted octanol–water partition coefficient (Wildman–Crippen LogP) is 3.43. The highest BCUT2D eigenvalue weighted by atomic mass is 31.2. The highest BCUT2D eigenvalue weighted by Crippen LogP contribution is 2.23. The van der Waals surface area contributed by atoms with Crippen LogP contribution in [0, 0.1) is 0 Å². The molecule has 0 fully saturated rings. The van der Waals surface area contributed by atoms with E-state index in [-0.39, 0.29) is 6.42 Å². The van der Waals surface area contributed by atoms with Crippen LogP contribution in [0.3, 0.4) is 0 Å².